The summed E-state index contributed by atoms with van der Waals surface area (Å²) in [5, 5.41) is 14.3. The molecule has 10 nitrogen and oxygen atoms in total. The van der Waals surface area contributed by atoms with Gasteiger partial charge in [0.2, 0.25) is 0 Å². The summed E-state index contributed by atoms with van der Waals surface area (Å²) in [6.45, 7) is 6.29. The quantitative estimate of drug-likeness (QED) is 0.242. The van der Waals surface area contributed by atoms with Gasteiger partial charge in [-0.1, -0.05) is 18.6 Å². The van der Waals surface area contributed by atoms with Gasteiger partial charge in [0.15, 0.2) is 0 Å². The second-order valence-electron chi connectivity index (χ2n) is 9.59. The predicted octanol–water partition coefficient (Wildman–Crippen LogP) is 4.29. The van der Waals surface area contributed by atoms with Gasteiger partial charge in [-0.05, 0) is 68.8 Å². The van der Waals surface area contributed by atoms with Crippen molar-refractivity contribution >= 4 is 29.3 Å². The molecule has 3 aromatic rings. The molecule has 3 heterocycles. The summed E-state index contributed by atoms with van der Waals surface area (Å²) in [6.07, 6.45) is 5.34. The molecule has 1 aliphatic heterocycles. The van der Waals surface area contributed by atoms with Gasteiger partial charge in [-0.15, -0.1) is 0 Å². The van der Waals surface area contributed by atoms with Crippen LogP contribution >= 0.6 is 0 Å². The number of amides is 3. The van der Waals surface area contributed by atoms with Crippen LogP contribution in [0.25, 0.3) is 11.3 Å². The molecule has 11 heteroatoms. The number of nitrogens with zero attached hydrogens (tertiary/aromatic N) is 3. The number of hydrogen-bond acceptors (Lipinski definition) is 7. The van der Waals surface area contributed by atoms with Crippen LogP contribution in [0.1, 0.15) is 42.1 Å². The van der Waals surface area contributed by atoms with Crippen LogP contribution in [0.15, 0.2) is 48.7 Å². The van der Waals surface area contributed by atoms with Crippen molar-refractivity contribution in [2.45, 2.75) is 32.7 Å². The van der Waals surface area contributed by atoms with E-state index in [4.69, 9.17) is 0 Å². The zero-order valence-electron chi connectivity index (χ0n) is 23.0. The molecule has 2 aromatic heterocycles. The lowest BCUT2D eigenvalue weighted by atomic mass is 10.1. The highest BCUT2D eigenvalue weighted by Gasteiger charge is 2.16. The number of carbonyl (C=O) groups excluding carboxylic acids is 2. The average molecular weight is 549 g/mol. The third-order valence-corrected chi connectivity index (χ3v) is 6.69. The standard InChI is InChI=1S/C29H37FN8O2/c1-3-32-27-22(28(39)33-13-16-38-14-5-4-6-15-38)9-11-24(36-27)21-8-10-25(23(30)17-21)37-29(40)35-19-20-7-12-26(31-2)34-18-20/h7-12,17-18H,3-6,13-16,19H2,1-2H3,(H,31,34)(H,32,36)(H,33,39)(H2,35,37,40). The molecule has 0 aliphatic carbocycles. The van der Waals surface area contributed by atoms with Crippen LogP contribution in [0.3, 0.4) is 0 Å². The molecule has 0 radical (unpaired) electrons. The fourth-order valence-corrected chi connectivity index (χ4v) is 4.51. The van der Waals surface area contributed by atoms with E-state index in [1.807, 2.05) is 13.0 Å². The van der Waals surface area contributed by atoms with Crippen molar-refractivity contribution in [2.24, 2.45) is 0 Å². The van der Waals surface area contributed by atoms with Crippen LogP contribution in [0.2, 0.25) is 0 Å². The fraction of sp³-hybridized carbons (Fsp3) is 0.379. The van der Waals surface area contributed by atoms with Gasteiger partial charge in [0, 0.05) is 45.0 Å². The number of aromatic nitrogens is 2. The summed E-state index contributed by atoms with van der Waals surface area (Å²) >= 11 is 0. The van der Waals surface area contributed by atoms with Gasteiger partial charge >= 0.3 is 6.03 Å². The van der Waals surface area contributed by atoms with Gasteiger partial charge in [-0.3, -0.25) is 4.79 Å². The van der Waals surface area contributed by atoms with Crippen molar-refractivity contribution in [3.8, 4) is 11.3 Å². The SMILES string of the molecule is CCNc1nc(-c2ccc(NC(=O)NCc3ccc(NC)nc3)c(F)c2)ccc1C(=O)NCCN1CCCCC1. The van der Waals surface area contributed by atoms with E-state index in [-0.39, 0.29) is 18.1 Å². The number of urea groups is 1. The smallest absolute Gasteiger partial charge is 0.319 e. The van der Waals surface area contributed by atoms with E-state index in [0.717, 1.165) is 31.0 Å². The zero-order valence-corrected chi connectivity index (χ0v) is 23.0. The average Bonchev–Trinajstić information content (AvgIpc) is 2.98. The molecule has 0 atom stereocenters. The summed E-state index contributed by atoms with van der Waals surface area (Å²) in [7, 11) is 1.77. The van der Waals surface area contributed by atoms with Gasteiger partial charge in [-0.25, -0.2) is 19.2 Å². The van der Waals surface area contributed by atoms with E-state index in [1.54, 1.807) is 37.5 Å². The molecule has 5 N–H and O–H groups in total. The van der Waals surface area contributed by atoms with Crippen LogP contribution in [-0.2, 0) is 6.54 Å². The highest BCUT2D eigenvalue weighted by molar-refractivity contribution is 5.99. The second-order valence-corrected chi connectivity index (χ2v) is 9.59. The monoisotopic (exact) mass is 548 g/mol. The van der Waals surface area contributed by atoms with Gasteiger partial charge in [0.25, 0.3) is 5.91 Å². The van der Waals surface area contributed by atoms with Crippen molar-refractivity contribution in [3.05, 3.63) is 65.6 Å². The van der Waals surface area contributed by atoms with Crippen LogP contribution in [0.4, 0.5) is 26.5 Å². The number of anilines is 3. The Labute approximate surface area is 234 Å². The summed E-state index contributed by atoms with van der Waals surface area (Å²) in [5.74, 6) is 0.370. The fourth-order valence-electron chi connectivity index (χ4n) is 4.51. The molecule has 0 bridgehead atoms. The summed E-state index contributed by atoms with van der Waals surface area (Å²) in [5.41, 5.74) is 2.33. The maximum Gasteiger partial charge on any atom is 0.319 e. The number of piperidine rings is 1. The highest BCUT2D eigenvalue weighted by atomic mass is 19.1. The number of benzene rings is 1. The molecule has 212 valence electrons. The van der Waals surface area contributed by atoms with E-state index in [2.05, 4.69) is 41.5 Å². The third kappa shape index (κ3) is 7.89. The number of rotatable bonds is 11. The minimum absolute atomic E-state index is 0.0431. The first-order valence-electron chi connectivity index (χ1n) is 13.7. The number of hydrogen-bond donors (Lipinski definition) is 5. The largest absolute Gasteiger partial charge is 0.373 e. The maximum absolute atomic E-state index is 14.9. The Balaban J connectivity index is 1.36. The molecular formula is C29H37FN8O2. The van der Waals surface area contributed by atoms with Gasteiger partial charge in [0.1, 0.15) is 17.5 Å². The van der Waals surface area contributed by atoms with Crippen molar-refractivity contribution in [1.29, 1.82) is 0 Å². The van der Waals surface area contributed by atoms with Crippen molar-refractivity contribution < 1.29 is 14.0 Å². The Kier molecular flexibility index (Phi) is 10.2. The Morgan fingerprint density at radius 2 is 1.85 bits per heavy atom. The molecule has 40 heavy (non-hydrogen) atoms. The normalized spacial score (nSPS) is 13.4. The van der Waals surface area contributed by atoms with E-state index in [0.29, 0.717) is 35.7 Å². The van der Waals surface area contributed by atoms with E-state index in [9.17, 15) is 14.0 Å². The lowest BCUT2D eigenvalue weighted by molar-refractivity contribution is 0.0947. The molecule has 3 amide bonds. The summed E-state index contributed by atoms with van der Waals surface area (Å²) in [4.78, 5) is 36.4. The van der Waals surface area contributed by atoms with Crippen LogP contribution < -0.4 is 26.6 Å². The topological polar surface area (TPSA) is 123 Å². The first-order chi connectivity index (χ1) is 19.5. The lowest BCUT2D eigenvalue weighted by Gasteiger charge is -2.26. The van der Waals surface area contributed by atoms with E-state index >= 15 is 0 Å². The molecule has 1 aromatic carbocycles. The maximum atomic E-state index is 14.9. The number of halogens is 1. The van der Waals surface area contributed by atoms with E-state index < -0.39 is 11.8 Å². The minimum Gasteiger partial charge on any atom is -0.373 e. The number of likely N-dealkylation sites (tertiary alicyclic amines) is 1. The molecule has 1 saturated heterocycles. The molecule has 1 fully saturated rings. The summed E-state index contributed by atoms with van der Waals surface area (Å²) < 4.78 is 14.9. The second kappa shape index (κ2) is 14.2. The first kappa shape index (κ1) is 28.8. The lowest BCUT2D eigenvalue weighted by Crippen LogP contribution is -2.37. The van der Waals surface area contributed by atoms with Crippen LogP contribution in [0.5, 0.6) is 0 Å². The Morgan fingerprint density at radius 1 is 1.02 bits per heavy atom. The van der Waals surface area contributed by atoms with Crippen molar-refractivity contribution in [1.82, 2.24) is 25.5 Å². The molecular weight excluding hydrogens is 511 g/mol. The number of pyridine rings is 2. The molecule has 0 saturated carbocycles. The third-order valence-electron chi connectivity index (χ3n) is 6.69. The first-order valence-corrected chi connectivity index (χ1v) is 13.7. The molecule has 0 spiro atoms. The van der Waals surface area contributed by atoms with Crippen molar-refractivity contribution in [3.63, 3.8) is 0 Å². The molecule has 1 aliphatic rings. The van der Waals surface area contributed by atoms with Crippen LogP contribution in [0, 0.1) is 5.82 Å². The van der Waals surface area contributed by atoms with E-state index in [1.165, 1.54) is 31.4 Å². The van der Waals surface area contributed by atoms with Gasteiger partial charge in [0.05, 0.1) is 16.9 Å². The number of carbonyl (C=O) groups is 2. The zero-order chi connectivity index (χ0) is 28.3. The summed E-state index contributed by atoms with van der Waals surface area (Å²) in [6, 6.07) is 11.0. The predicted molar refractivity (Wildman–Crippen MR) is 156 cm³/mol. The number of nitrogens with one attached hydrogen (secondary N) is 5. The minimum atomic E-state index is -0.598. The Hall–Kier alpha value is -4.25. The molecule has 4 rings (SSSR count). The molecule has 0 unspecified atom stereocenters. The highest BCUT2D eigenvalue weighted by Crippen LogP contribution is 2.26. The van der Waals surface area contributed by atoms with Crippen molar-refractivity contribution in [2.75, 3.05) is 55.7 Å². The Bertz CT molecular complexity index is 1300. The van der Waals surface area contributed by atoms with Gasteiger partial charge < -0.3 is 31.5 Å². The van der Waals surface area contributed by atoms with Crippen LogP contribution in [-0.4, -0.2) is 66.6 Å². The Morgan fingerprint density at radius 3 is 2.55 bits per heavy atom. The van der Waals surface area contributed by atoms with Gasteiger partial charge in [-0.2, -0.15) is 0 Å².